The fourth-order valence-electron chi connectivity index (χ4n) is 4.16. The Morgan fingerprint density at radius 3 is 2.36 bits per heavy atom. The molecule has 3 aliphatic heterocycles. The molecule has 0 unspecified atom stereocenters. The molecule has 0 aromatic heterocycles. The van der Waals surface area contributed by atoms with E-state index in [-0.39, 0.29) is 48.5 Å². The van der Waals surface area contributed by atoms with E-state index in [0.717, 1.165) is 42.5 Å². The molecule has 1 aliphatic carbocycles. The lowest BCUT2D eigenvalue weighted by Crippen LogP contribution is -2.26. The van der Waals surface area contributed by atoms with Crippen LogP contribution in [0, 0.1) is 0 Å². The average Bonchev–Trinajstić information content (AvgIpc) is 3.14. The standard InChI is InChI=1S/C29H26N2O5/c32-28(33)18-5-8-21(29(34)35)24(15-18)27-22-9-6-19(30-11-1-2-12-30)16-25(22)36-26-17-20(7-10-23(26)27)31-13-3-4-14-31/h5-10,15-17H,1-4,11-14H2,(H-,32,33,34,35)/p+1/i1D2,2D2,3D2,4D2,11D2,12D2,13D2,14D2. The zero-order chi connectivity index (χ0) is 39.2. The van der Waals surface area contributed by atoms with Gasteiger partial charge in [0.1, 0.15) is 29.8 Å². The molecule has 6 rings (SSSR count). The van der Waals surface area contributed by atoms with Gasteiger partial charge in [-0.2, -0.15) is 0 Å². The molecule has 2 aromatic carbocycles. The monoisotopic (exact) mass is 499 g/mol. The Morgan fingerprint density at radius 2 is 1.64 bits per heavy atom. The molecular weight excluding hydrogens is 456 g/mol. The average molecular weight is 500 g/mol. The van der Waals surface area contributed by atoms with Gasteiger partial charge in [-0.15, -0.1) is 0 Å². The van der Waals surface area contributed by atoms with Crippen LogP contribution in [0.5, 0.6) is 0 Å². The molecule has 4 aliphatic rings. The van der Waals surface area contributed by atoms with Gasteiger partial charge in [0, 0.05) is 76.5 Å². The second kappa shape index (κ2) is 8.82. The van der Waals surface area contributed by atoms with Crippen molar-refractivity contribution in [3.8, 4) is 22.5 Å². The molecule has 7 nitrogen and oxygen atoms in total. The predicted octanol–water partition coefficient (Wildman–Crippen LogP) is 4.77. The summed E-state index contributed by atoms with van der Waals surface area (Å²) in [6.45, 7) is -13.2. The third kappa shape index (κ3) is 3.81. The van der Waals surface area contributed by atoms with E-state index in [1.807, 2.05) is 0 Å². The highest BCUT2D eigenvalue weighted by Crippen LogP contribution is 2.42. The molecule has 3 heterocycles. The summed E-state index contributed by atoms with van der Waals surface area (Å²) in [6.07, 6.45) is -13.6. The zero-order valence-electron chi connectivity index (χ0n) is 34.2. The van der Waals surface area contributed by atoms with Crippen molar-refractivity contribution in [2.75, 3.05) is 30.9 Å². The summed E-state index contributed by atoms with van der Waals surface area (Å²) in [5, 5.41) is 19.4. The van der Waals surface area contributed by atoms with Crippen molar-refractivity contribution < 1.29 is 46.2 Å². The van der Waals surface area contributed by atoms with Crippen LogP contribution >= 0.6 is 0 Å². The van der Waals surface area contributed by atoms with E-state index in [0.29, 0.717) is 0 Å². The number of carboxylic acid groups (broad SMARTS) is 2. The fraction of sp³-hybridized carbons (Fsp3) is 0.276. The molecule has 0 saturated carbocycles. The van der Waals surface area contributed by atoms with E-state index in [4.69, 9.17) is 26.3 Å². The van der Waals surface area contributed by atoms with Gasteiger partial charge < -0.3 is 19.5 Å². The molecule has 36 heavy (non-hydrogen) atoms. The molecule has 2 fully saturated rings. The molecule has 0 bridgehead atoms. The molecule has 2 saturated heterocycles. The van der Waals surface area contributed by atoms with Crippen LogP contribution in [0.15, 0.2) is 59.0 Å². The van der Waals surface area contributed by atoms with Gasteiger partial charge in [0.05, 0.1) is 17.2 Å². The maximum Gasteiger partial charge on any atom is 0.336 e. The van der Waals surface area contributed by atoms with Crippen molar-refractivity contribution >= 4 is 28.6 Å². The molecule has 182 valence electrons. The number of anilines is 1. The molecule has 2 aromatic rings. The summed E-state index contributed by atoms with van der Waals surface area (Å²) < 4.78 is 139. The van der Waals surface area contributed by atoms with Crippen LogP contribution in [-0.4, -0.2) is 48.1 Å². The Kier molecular flexibility index (Phi) is 2.66. The number of fused-ring (bicyclic) bond motifs is 2. The minimum Gasteiger partial charge on any atom is -0.478 e. The molecule has 0 amide bonds. The number of hydrogen-bond donors (Lipinski definition) is 2. The lowest BCUT2D eigenvalue weighted by atomic mass is 9.89. The van der Waals surface area contributed by atoms with Crippen molar-refractivity contribution in [3.63, 3.8) is 0 Å². The van der Waals surface area contributed by atoms with Gasteiger partial charge in [-0.05, 0) is 54.7 Å². The number of carboxylic acids is 2. The summed E-state index contributed by atoms with van der Waals surface area (Å²) in [5.41, 5.74) is -1.73. The van der Waals surface area contributed by atoms with Crippen molar-refractivity contribution in [1.82, 2.24) is 4.58 Å². The second-order valence-electron chi connectivity index (χ2n) is 7.83. The quantitative estimate of drug-likeness (QED) is 0.310. The maximum atomic E-state index is 12.4. The van der Waals surface area contributed by atoms with Crippen LogP contribution in [0.2, 0.25) is 0 Å². The van der Waals surface area contributed by atoms with Gasteiger partial charge >= 0.3 is 11.9 Å². The molecular formula is C29H27N2O5+. The third-order valence-corrected chi connectivity index (χ3v) is 5.77. The summed E-state index contributed by atoms with van der Waals surface area (Å²) in [7, 11) is 0. The van der Waals surface area contributed by atoms with Gasteiger partial charge in [-0.3, -0.25) is 0 Å². The summed E-state index contributed by atoms with van der Waals surface area (Å²) in [4.78, 5) is 24.7. The lowest BCUT2D eigenvalue weighted by Gasteiger charge is -2.20. The Labute approximate surface area is 230 Å². The summed E-state index contributed by atoms with van der Waals surface area (Å²) in [5.74, 6) is -3.24. The van der Waals surface area contributed by atoms with Gasteiger partial charge in [-0.25, -0.2) is 14.2 Å². The van der Waals surface area contributed by atoms with Crippen LogP contribution in [0.25, 0.3) is 33.4 Å². The van der Waals surface area contributed by atoms with Crippen molar-refractivity contribution in [3.05, 3.63) is 71.1 Å². The number of rotatable bonds is 4. The van der Waals surface area contributed by atoms with E-state index in [1.165, 1.54) is 12.1 Å². The predicted molar refractivity (Wildman–Crippen MR) is 138 cm³/mol. The second-order valence-corrected chi connectivity index (χ2v) is 7.83. The van der Waals surface area contributed by atoms with Gasteiger partial charge in [0.2, 0.25) is 5.36 Å². The van der Waals surface area contributed by atoms with E-state index in [1.54, 1.807) is 0 Å². The van der Waals surface area contributed by atoms with Crippen LogP contribution in [0.1, 0.15) is 68.1 Å². The van der Waals surface area contributed by atoms with E-state index in [9.17, 15) is 19.8 Å². The topological polar surface area (TPSA) is 94.0 Å². The first-order valence-corrected chi connectivity index (χ1v) is 10.6. The van der Waals surface area contributed by atoms with E-state index in [2.05, 4.69) is 0 Å². The Bertz CT molecular complexity index is 2210. The Morgan fingerprint density at radius 1 is 0.861 bits per heavy atom. The normalized spacial score (nSPS) is 33.6. The van der Waals surface area contributed by atoms with Gasteiger partial charge in [0.15, 0.2) is 0 Å². The highest BCUT2D eigenvalue weighted by molar-refractivity contribution is 6.09. The third-order valence-electron chi connectivity index (χ3n) is 5.77. The van der Waals surface area contributed by atoms with Crippen LogP contribution in [0.3, 0.4) is 0 Å². The first-order chi connectivity index (χ1) is 23.5. The number of carbonyl (C=O) groups is 2. The SMILES string of the molecule is [2H]C1([2H])N(c2ccc3c(-c4cc(C(=O)O)ccc4C(=O)O)c4ccc(=[N+]5C([2H])([2H])C([2H])([2H])C([2H])([2H])C5([2H])[2H])cc-4oc3c2)C([2H])([2H])C([2H])([2H])C1([2H])[2H]. The maximum absolute atomic E-state index is 12.4. The van der Waals surface area contributed by atoms with Gasteiger partial charge in [0.25, 0.3) is 0 Å². The van der Waals surface area contributed by atoms with Crippen molar-refractivity contribution in [2.24, 2.45) is 0 Å². The minimum atomic E-state index is -3.41. The Hall–Kier alpha value is -4.13. The Balaban J connectivity index is 1.77. The number of nitrogens with zero attached hydrogens (tertiary/aromatic N) is 2. The molecule has 0 atom stereocenters. The van der Waals surface area contributed by atoms with Crippen LogP contribution in [0.4, 0.5) is 5.69 Å². The first kappa shape index (κ1) is 10.9. The lowest BCUT2D eigenvalue weighted by molar-refractivity contribution is 0.0682. The van der Waals surface area contributed by atoms with E-state index < -0.39 is 80.0 Å². The molecule has 0 spiro atoms. The number of hydrogen-bond acceptors (Lipinski definition) is 4. The van der Waals surface area contributed by atoms with E-state index >= 15 is 0 Å². The van der Waals surface area contributed by atoms with Gasteiger partial charge in [-0.1, -0.05) is 0 Å². The van der Waals surface area contributed by atoms with Crippen molar-refractivity contribution in [1.29, 1.82) is 0 Å². The highest BCUT2D eigenvalue weighted by atomic mass is 16.4. The number of benzene rings is 3. The fourth-order valence-corrected chi connectivity index (χ4v) is 4.16. The summed E-state index contributed by atoms with van der Waals surface area (Å²) in [6, 6.07) is 9.77. The molecule has 0 radical (unpaired) electrons. The zero-order valence-corrected chi connectivity index (χ0v) is 18.2. The van der Waals surface area contributed by atoms with Crippen molar-refractivity contribution in [2.45, 2.75) is 25.5 Å². The number of aromatic carboxylic acids is 2. The minimum absolute atomic E-state index is 0.0138. The summed E-state index contributed by atoms with van der Waals surface area (Å²) >= 11 is 0. The van der Waals surface area contributed by atoms with Crippen LogP contribution in [-0.2, 0) is 0 Å². The first-order valence-electron chi connectivity index (χ1n) is 18.6. The largest absolute Gasteiger partial charge is 0.478 e. The smallest absolute Gasteiger partial charge is 0.336 e. The molecule has 2 N–H and O–H groups in total. The van der Waals surface area contributed by atoms with Crippen LogP contribution < -0.4 is 14.8 Å². The highest BCUT2D eigenvalue weighted by Gasteiger charge is 2.25. The molecule has 7 heteroatoms.